The Hall–Kier alpha value is -4.17. The number of hydrogen-bond donors (Lipinski definition) is 0. The molecule has 0 spiro atoms. The fraction of sp³-hybridized carbons (Fsp3) is 0.222. The zero-order valence-electron chi connectivity index (χ0n) is 19.3. The predicted molar refractivity (Wildman–Crippen MR) is 128 cm³/mol. The summed E-state index contributed by atoms with van der Waals surface area (Å²) in [4.78, 5) is 46.4. The van der Waals surface area contributed by atoms with Crippen molar-refractivity contribution >= 4 is 29.2 Å². The second-order valence-corrected chi connectivity index (χ2v) is 8.21. The highest BCUT2D eigenvalue weighted by Crippen LogP contribution is 2.47. The maximum absolute atomic E-state index is 13.7. The molecule has 0 radical (unpaired) electrons. The Kier molecular flexibility index (Phi) is 5.96. The Bertz CT molecular complexity index is 1240. The van der Waals surface area contributed by atoms with Gasteiger partial charge in [-0.05, 0) is 61.0 Å². The van der Waals surface area contributed by atoms with E-state index < -0.39 is 29.9 Å². The number of rotatable bonds is 6. The van der Waals surface area contributed by atoms with E-state index in [2.05, 4.69) is 0 Å². The minimum absolute atomic E-state index is 0.259. The second-order valence-electron chi connectivity index (χ2n) is 8.21. The van der Waals surface area contributed by atoms with Crippen molar-refractivity contribution < 1.29 is 28.7 Å². The van der Waals surface area contributed by atoms with Crippen molar-refractivity contribution in [3.05, 3.63) is 90.0 Å². The zero-order valence-corrected chi connectivity index (χ0v) is 19.3. The standard InChI is InChI=1S/C27H24N2O6/c1-3-34-27(32)18-9-13-19(14-10-18)28-25(30)22-23(17-11-15-21(33-2)16-12-17)29(35-24(22)26(28)31)20-7-5-4-6-8-20/h4-16,22-24H,3H2,1-2H3/t22-,23+,24-/m1/s1. The van der Waals surface area contributed by atoms with E-state index >= 15 is 0 Å². The normalized spacial score (nSPS) is 21.3. The molecule has 3 aromatic carbocycles. The average Bonchev–Trinajstić information content (AvgIpc) is 3.40. The summed E-state index contributed by atoms with van der Waals surface area (Å²) in [6, 6.07) is 22.5. The molecule has 2 aliphatic rings. The molecule has 178 valence electrons. The van der Waals surface area contributed by atoms with E-state index in [1.165, 1.54) is 0 Å². The summed E-state index contributed by atoms with van der Waals surface area (Å²) in [7, 11) is 1.59. The lowest BCUT2D eigenvalue weighted by Crippen LogP contribution is -2.37. The number of ether oxygens (including phenoxy) is 2. The lowest BCUT2D eigenvalue weighted by molar-refractivity contribution is -0.126. The number of nitrogens with zero attached hydrogens (tertiary/aromatic N) is 2. The molecular weight excluding hydrogens is 448 g/mol. The van der Waals surface area contributed by atoms with Crippen molar-refractivity contribution in [2.24, 2.45) is 5.92 Å². The minimum atomic E-state index is -0.973. The van der Waals surface area contributed by atoms with E-state index in [-0.39, 0.29) is 12.5 Å². The SMILES string of the molecule is CCOC(=O)c1ccc(N2C(=O)[C@H]3[C@@H](ON(c4ccccc4)[C@H]3c3ccc(OC)cc3)C2=O)cc1. The van der Waals surface area contributed by atoms with Crippen LogP contribution in [0.2, 0.25) is 0 Å². The first kappa shape index (κ1) is 22.6. The van der Waals surface area contributed by atoms with Crippen LogP contribution in [-0.4, -0.2) is 37.6 Å². The van der Waals surface area contributed by atoms with Crippen LogP contribution in [0.25, 0.3) is 0 Å². The van der Waals surface area contributed by atoms with Crippen molar-refractivity contribution in [3.8, 4) is 5.75 Å². The van der Waals surface area contributed by atoms with Gasteiger partial charge < -0.3 is 9.47 Å². The van der Waals surface area contributed by atoms with Gasteiger partial charge in [-0.3, -0.25) is 14.4 Å². The summed E-state index contributed by atoms with van der Waals surface area (Å²) in [5.41, 5.74) is 2.29. The second kappa shape index (κ2) is 9.23. The maximum atomic E-state index is 13.7. The summed E-state index contributed by atoms with van der Waals surface area (Å²) < 4.78 is 10.3. The molecule has 2 fully saturated rings. The van der Waals surface area contributed by atoms with Gasteiger partial charge in [0.15, 0.2) is 6.10 Å². The first-order chi connectivity index (χ1) is 17.0. The van der Waals surface area contributed by atoms with Crippen LogP contribution in [0.4, 0.5) is 11.4 Å². The zero-order chi connectivity index (χ0) is 24.5. The van der Waals surface area contributed by atoms with Gasteiger partial charge >= 0.3 is 5.97 Å². The van der Waals surface area contributed by atoms with Crippen LogP contribution in [0.5, 0.6) is 5.75 Å². The number of methoxy groups -OCH3 is 1. The highest BCUT2D eigenvalue weighted by molar-refractivity contribution is 6.24. The number of hydrogen-bond acceptors (Lipinski definition) is 7. The third-order valence-electron chi connectivity index (χ3n) is 6.22. The number of hydroxylamine groups is 1. The van der Waals surface area contributed by atoms with Gasteiger partial charge in [0.05, 0.1) is 36.7 Å². The third-order valence-corrected chi connectivity index (χ3v) is 6.22. The molecule has 0 unspecified atom stereocenters. The van der Waals surface area contributed by atoms with Gasteiger partial charge in [-0.2, -0.15) is 0 Å². The first-order valence-corrected chi connectivity index (χ1v) is 11.3. The van der Waals surface area contributed by atoms with E-state index in [9.17, 15) is 14.4 Å². The quantitative estimate of drug-likeness (QED) is 0.397. The molecule has 0 saturated carbocycles. The molecule has 8 nitrogen and oxygen atoms in total. The largest absolute Gasteiger partial charge is 0.497 e. The average molecular weight is 472 g/mol. The van der Waals surface area contributed by atoms with Gasteiger partial charge in [-0.1, -0.05) is 30.3 Å². The topological polar surface area (TPSA) is 85.4 Å². The van der Waals surface area contributed by atoms with Gasteiger partial charge in [0.1, 0.15) is 11.7 Å². The van der Waals surface area contributed by atoms with Crippen molar-refractivity contribution in [2.75, 3.05) is 23.7 Å². The van der Waals surface area contributed by atoms with Gasteiger partial charge in [0, 0.05) is 0 Å². The summed E-state index contributed by atoms with van der Waals surface area (Å²) in [5.74, 6) is -1.33. The van der Waals surface area contributed by atoms with E-state index in [1.54, 1.807) is 43.4 Å². The van der Waals surface area contributed by atoms with Crippen LogP contribution >= 0.6 is 0 Å². The molecule has 0 N–H and O–H groups in total. The Morgan fingerprint density at radius 2 is 1.57 bits per heavy atom. The third kappa shape index (κ3) is 3.91. The van der Waals surface area contributed by atoms with E-state index in [0.717, 1.165) is 16.2 Å². The Morgan fingerprint density at radius 1 is 0.886 bits per heavy atom. The Labute approximate surface area is 202 Å². The number of anilines is 2. The lowest BCUT2D eigenvalue weighted by atomic mass is 9.90. The number of para-hydroxylation sites is 1. The number of carbonyl (C=O) groups excluding carboxylic acids is 3. The highest BCUT2D eigenvalue weighted by atomic mass is 16.7. The number of esters is 1. The summed E-state index contributed by atoms with van der Waals surface area (Å²) in [5, 5.41) is 1.65. The molecule has 2 saturated heterocycles. The molecule has 8 heteroatoms. The van der Waals surface area contributed by atoms with Gasteiger partial charge in [0.2, 0.25) is 5.91 Å². The van der Waals surface area contributed by atoms with Crippen molar-refractivity contribution in [1.82, 2.24) is 0 Å². The van der Waals surface area contributed by atoms with E-state index in [0.29, 0.717) is 17.0 Å². The molecule has 35 heavy (non-hydrogen) atoms. The van der Waals surface area contributed by atoms with Gasteiger partial charge in [-0.15, -0.1) is 0 Å². The van der Waals surface area contributed by atoms with Crippen LogP contribution in [0.15, 0.2) is 78.9 Å². The Balaban J connectivity index is 1.50. The molecule has 0 aliphatic carbocycles. The van der Waals surface area contributed by atoms with Gasteiger partial charge in [-0.25, -0.2) is 14.8 Å². The maximum Gasteiger partial charge on any atom is 0.338 e. The molecule has 5 rings (SSSR count). The molecule has 0 aromatic heterocycles. The van der Waals surface area contributed by atoms with Crippen LogP contribution < -0.4 is 14.7 Å². The number of fused-ring (bicyclic) bond motifs is 1. The van der Waals surface area contributed by atoms with E-state index in [1.807, 2.05) is 54.6 Å². The van der Waals surface area contributed by atoms with Gasteiger partial charge in [0.25, 0.3) is 5.91 Å². The molecule has 0 bridgehead atoms. The van der Waals surface area contributed by atoms with Crippen LogP contribution in [-0.2, 0) is 19.2 Å². The lowest BCUT2D eigenvalue weighted by Gasteiger charge is -2.28. The summed E-state index contributed by atoms with van der Waals surface area (Å²) in [6.07, 6.45) is -0.973. The van der Waals surface area contributed by atoms with Crippen LogP contribution in [0.1, 0.15) is 28.9 Å². The number of carbonyl (C=O) groups is 3. The number of imide groups is 1. The van der Waals surface area contributed by atoms with Crippen molar-refractivity contribution in [1.29, 1.82) is 0 Å². The monoisotopic (exact) mass is 472 g/mol. The number of benzene rings is 3. The first-order valence-electron chi connectivity index (χ1n) is 11.3. The highest BCUT2D eigenvalue weighted by Gasteiger charge is 2.60. The molecule has 3 atom stereocenters. The molecule has 2 aliphatic heterocycles. The molecule has 3 aromatic rings. The molecular formula is C27H24N2O6. The van der Waals surface area contributed by atoms with Crippen molar-refractivity contribution in [2.45, 2.75) is 19.1 Å². The summed E-state index contributed by atoms with van der Waals surface area (Å²) >= 11 is 0. The molecule has 2 heterocycles. The fourth-order valence-corrected chi connectivity index (χ4v) is 4.57. The van der Waals surface area contributed by atoms with E-state index in [4.69, 9.17) is 14.3 Å². The predicted octanol–water partition coefficient (Wildman–Crippen LogP) is 3.92. The van der Waals surface area contributed by atoms with Crippen LogP contribution in [0.3, 0.4) is 0 Å². The number of amides is 2. The Morgan fingerprint density at radius 3 is 2.20 bits per heavy atom. The smallest absolute Gasteiger partial charge is 0.338 e. The van der Waals surface area contributed by atoms with Crippen LogP contribution in [0, 0.1) is 5.92 Å². The fourth-order valence-electron chi connectivity index (χ4n) is 4.57. The summed E-state index contributed by atoms with van der Waals surface area (Å²) in [6.45, 7) is 1.99. The molecule has 2 amide bonds. The minimum Gasteiger partial charge on any atom is -0.497 e. The van der Waals surface area contributed by atoms with Crippen molar-refractivity contribution in [3.63, 3.8) is 0 Å².